The molecule has 0 aromatic heterocycles. The Balaban J connectivity index is 2.09. The molecule has 4 heteroatoms. The van der Waals surface area contributed by atoms with Crippen LogP contribution in [-0.2, 0) is 0 Å². The van der Waals surface area contributed by atoms with E-state index in [1.807, 2.05) is 24.3 Å². The van der Waals surface area contributed by atoms with Crippen molar-refractivity contribution in [1.82, 2.24) is 0 Å². The van der Waals surface area contributed by atoms with Crippen LogP contribution in [-0.4, -0.2) is 27.9 Å². The zero-order valence-electron chi connectivity index (χ0n) is 14.5. The lowest BCUT2D eigenvalue weighted by molar-refractivity contribution is 0.291. The van der Waals surface area contributed by atoms with Gasteiger partial charge in [0, 0.05) is 17.5 Å². The van der Waals surface area contributed by atoms with Crippen LogP contribution >= 0.6 is 0 Å². The highest BCUT2D eigenvalue weighted by molar-refractivity contribution is 5.67. The summed E-state index contributed by atoms with van der Waals surface area (Å²) in [6.45, 7) is 2.70. The molecule has 4 nitrogen and oxygen atoms in total. The third-order valence-corrected chi connectivity index (χ3v) is 4.37. The van der Waals surface area contributed by atoms with Gasteiger partial charge in [0.15, 0.2) is 11.5 Å². The van der Waals surface area contributed by atoms with Crippen molar-refractivity contribution in [2.75, 3.05) is 27.9 Å². The van der Waals surface area contributed by atoms with E-state index < -0.39 is 0 Å². The van der Waals surface area contributed by atoms with Crippen LogP contribution in [0.25, 0.3) is 6.08 Å². The zero-order valence-corrected chi connectivity index (χ0v) is 14.5. The number of methoxy groups -OCH3 is 3. The van der Waals surface area contributed by atoms with Gasteiger partial charge >= 0.3 is 0 Å². The van der Waals surface area contributed by atoms with Crippen molar-refractivity contribution in [3.05, 3.63) is 53.1 Å². The molecular formula is C20H22O4. The molecule has 0 N–H and O–H groups in total. The van der Waals surface area contributed by atoms with Crippen LogP contribution in [0.1, 0.15) is 24.0 Å². The Morgan fingerprint density at radius 3 is 2.33 bits per heavy atom. The lowest BCUT2D eigenvalue weighted by atomic mass is 9.88. The fourth-order valence-electron chi connectivity index (χ4n) is 3.09. The second-order valence-electron chi connectivity index (χ2n) is 5.70. The highest BCUT2D eigenvalue weighted by Crippen LogP contribution is 2.51. The van der Waals surface area contributed by atoms with Gasteiger partial charge in [0.25, 0.3) is 0 Å². The number of fused-ring (bicyclic) bond motifs is 1. The Hall–Kier alpha value is -2.62. The summed E-state index contributed by atoms with van der Waals surface area (Å²) in [6.07, 6.45) is 2.17. The molecule has 3 rings (SSSR count). The first kappa shape index (κ1) is 16.2. The van der Waals surface area contributed by atoms with E-state index in [9.17, 15) is 0 Å². The second kappa shape index (κ2) is 6.87. The van der Waals surface area contributed by atoms with Crippen molar-refractivity contribution in [3.63, 3.8) is 0 Å². The first-order valence-corrected chi connectivity index (χ1v) is 7.90. The summed E-state index contributed by atoms with van der Waals surface area (Å²) in [6, 6.07) is 12.1. The Kier molecular flexibility index (Phi) is 4.65. The molecule has 1 heterocycles. The van der Waals surface area contributed by atoms with Gasteiger partial charge < -0.3 is 18.9 Å². The number of benzene rings is 2. The van der Waals surface area contributed by atoms with Crippen LogP contribution < -0.4 is 18.9 Å². The largest absolute Gasteiger partial charge is 0.493 e. The first-order chi connectivity index (χ1) is 11.7. The lowest BCUT2D eigenvalue weighted by Crippen LogP contribution is -2.17. The third kappa shape index (κ3) is 2.80. The molecule has 1 aliphatic heterocycles. The summed E-state index contributed by atoms with van der Waals surface area (Å²) in [5, 5.41) is 0. The molecule has 2 aromatic carbocycles. The average molecular weight is 326 g/mol. The molecule has 2 aromatic rings. The normalized spacial score (nSPS) is 17.8. The quantitative estimate of drug-likeness (QED) is 0.840. The topological polar surface area (TPSA) is 36.9 Å². The lowest BCUT2D eigenvalue weighted by Gasteiger charge is -2.29. The standard InChI is InChI=1S/C20H22O4/c1-13-15(10-14-8-6-5-7-9-14)12-24-16-11-17(21-2)19(22-3)20(23-4)18(13)16/h5-11,13H,12H2,1-4H3. The summed E-state index contributed by atoms with van der Waals surface area (Å²) >= 11 is 0. The van der Waals surface area contributed by atoms with Crippen molar-refractivity contribution in [1.29, 1.82) is 0 Å². The van der Waals surface area contributed by atoms with E-state index in [1.54, 1.807) is 21.3 Å². The van der Waals surface area contributed by atoms with Crippen LogP contribution in [0.3, 0.4) is 0 Å². The van der Waals surface area contributed by atoms with Gasteiger partial charge in [-0.15, -0.1) is 0 Å². The molecule has 0 radical (unpaired) electrons. The Morgan fingerprint density at radius 1 is 1.00 bits per heavy atom. The molecular weight excluding hydrogens is 304 g/mol. The molecule has 0 saturated carbocycles. The third-order valence-electron chi connectivity index (χ3n) is 4.37. The molecule has 1 unspecified atom stereocenters. The highest BCUT2D eigenvalue weighted by atomic mass is 16.5. The fourth-order valence-corrected chi connectivity index (χ4v) is 3.09. The predicted molar refractivity (Wildman–Crippen MR) is 94.4 cm³/mol. The van der Waals surface area contributed by atoms with Gasteiger partial charge in [-0.3, -0.25) is 0 Å². The predicted octanol–water partition coefficient (Wildman–Crippen LogP) is 4.29. The van der Waals surface area contributed by atoms with Gasteiger partial charge in [-0.1, -0.05) is 43.3 Å². The van der Waals surface area contributed by atoms with Gasteiger partial charge in [-0.2, -0.15) is 0 Å². The van der Waals surface area contributed by atoms with Crippen molar-refractivity contribution >= 4 is 6.08 Å². The van der Waals surface area contributed by atoms with Gasteiger partial charge in [0.05, 0.1) is 21.3 Å². The van der Waals surface area contributed by atoms with Gasteiger partial charge in [-0.25, -0.2) is 0 Å². The average Bonchev–Trinajstić information content (AvgIpc) is 2.63. The maximum Gasteiger partial charge on any atom is 0.203 e. The highest BCUT2D eigenvalue weighted by Gasteiger charge is 2.30. The molecule has 24 heavy (non-hydrogen) atoms. The minimum absolute atomic E-state index is 0.156. The summed E-state index contributed by atoms with van der Waals surface area (Å²) in [5.74, 6) is 2.80. The fraction of sp³-hybridized carbons (Fsp3) is 0.300. The number of hydrogen-bond donors (Lipinski definition) is 0. The van der Waals surface area contributed by atoms with Crippen LogP contribution in [0.2, 0.25) is 0 Å². The van der Waals surface area contributed by atoms with Gasteiger partial charge in [-0.05, 0) is 11.1 Å². The smallest absolute Gasteiger partial charge is 0.203 e. The van der Waals surface area contributed by atoms with Crippen molar-refractivity contribution < 1.29 is 18.9 Å². The minimum atomic E-state index is 0.156. The number of ether oxygens (including phenoxy) is 4. The molecule has 0 amide bonds. The van der Waals surface area contributed by atoms with Crippen molar-refractivity contribution in [3.8, 4) is 23.0 Å². The summed E-state index contributed by atoms with van der Waals surface area (Å²) in [5.41, 5.74) is 3.34. The summed E-state index contributed by atoms with van der Waals surface area (Å²) < 4.78 is 22.5. The van der Waals surface area contributed by atoms with Gasteiger partial charge in [0.2, 0.25) is 5.75 Å². The van der Waals surface area contributed by atoms with E-state index in [-0.39, 0.29) is 5.92 Å². The monoisotopic (exact) mass is 326 g/mol. The molecule has 0 aliphatic carbocycles. The SMILES string of the molecule is COc1cc2c(c(OC)c1OC)C(C)C(=Cc1ccccc1)CO2. The van der Waals surface area contributed by atoms with Gasteiger partial charge in [0.1, 0.15) is 12.4 Å². The number of rotatable bonds is 4. The minimum Gasteiger partial charge on any atom is -0.493 e. The Morgan fingerprint density at radius 2 is 1.71 bits per heavy atom. The molecule has 1 aliphatic rings. The zero-order chi connectivity index (χ0) is 17.1. The molecule has 0 bridgehead atoms. The van der Waals surface area contributed by atoms with Crippen LogP contribution in [0.15, 0.2) is 42.0 Å². The molecule has 0 spiro atoms. The molecule has 0 saturated heterocycles. The van der Waals surface area contributed by atoms with E-state index >= 15 is 0 Å². The molecule has 0 fully saturated rings. The van der Waals surface area contributed by atoms with Crippen LogP contribution in [0.4, 0.5) is 0 Å². The van der Waals surface area contributed by atoms with E-state index in [0.29, 0.717) is 23.9 Å². The Bertz CT molecular complexity index is 750. The summed E-state index contributed by atoms with van der Waals surface area (Å²) in [4.78, 5) is 0. The van der Waals surface area contributed by atoms with Crippen molar-refractivity contribution in [2.24, 2.45) is 0 Å². The van der Waals surface area contributed by atoms with E-state index in [2.05, 4.69) is 25.1 Å². The van der Waals surface area contributed by atoms with E-state index in [1.165, 1.54) is 5.57 Å². The van der Waals surface area contributed by atoms with Crippen LogP contribution in [0.5, 0.6) is 23.0 Å². The van der Waals surface area contributed by atoms with E-state index in [0.717, 1.165) is 16.9 Å². The first-order valence-electron chi connectivity index (χ1n) is 7.90. The van der Waals surface area contributed by atoms with Crippen molar-refractivity contribution in [2.45, 2.75) is 12.8 Å². The maximum atomic E-state index is 5.98. The maximum absolute atomic E-state index is 5.98. The Labute approximate surface area is 142 Å². The van der Waals surface area contributed by atoms with Crippen LogP contribution in [0, 0.1) is 0 Å². The molecule has 1 atom stereocenters. The number of hydrogen-bond acceptors (Lipinski definition) is 4. The second-order valence-corrected chi connectivity index (χ2v) is 5.70. The molecule has 126 valence electrons. The van der Waals surface area contributed by atoms with E-state index in [4.69, 9.17) is 18.9 Å². The summed E-state index contributed by atoms with van der Waals surface area (Å²) in [7, 11) is 4.86.